The zero-order chi connectivity index (χ0) is 14.4. The average molecular weight is 263 g/mol. The lowest BCUT2D eigenvalue weighted by molar-refractivity contribution is 0.0936. The van der Waals surface area contributed by atoms with E-state index in [0.717, 1.165) is 24.2 Å². The molecule has 1 aromatic rings. The zero-order valence-electron chi connectivity index (χ0n) is 12.6. The second-order valence-electron chi connectivity index (χ2n) is 5.25. The summed E-state index contributed by atoms with van der Waals surface area (Å²) >= 11 is 0. The van der Waals surface area contributed by atoms with Crippen LogP contribution in [0.2, 0.25) is 0 Å². The second-order valence-corrected chi connectivity index (χ2v) is 5.25. The number of amides is 1. The maximum atomic E-state index is 12.1. The quantitative estimate of drug-likeness (QED) is 0.826. The third kappa shape index (κ3) is 4.91. The minimum absolute atomic E-state index is 0.00277. The molecule has 0 aromatic heterocycles. The molecule has 0 heterocycles. The number of benzene rings is 1. The predicted octanol–water partition coefficient (Wildman–Crippen LogP) is 2.11. The van der Waals surface area contributed by atoms with Gasteiger partial charge >= 0.3 is 0 Å². The highest BCUT2D eigenvalue weighted by Crippen LogP contribution is 2.15. The van der Waals surface area contributed by atoms with E-state index in [1.165, 1.54) is 0 Å². The van der Waals surface area contributed by atoms with E-state index in [2.05, 4.69) is 15.5 Å². The molecule has 19 heavy (non-hydrogen) atoms. The van der Waals surface area contributed by atoms with Crippen molar-refractivity contribution in [1.82, 2.24) is 10.2 Å². The van der Waals surface area contributed by atoms with Crippen molar-refractivity contribution >= 4 is 11.6 Å². The van der Waals surface area contributed by atoms with Crippen molar-refractivity contribution in [1.29, 1.82) is 0 Å². The number of rotatable bonds is 6. The molecule has 2 N–H and O–H groups in total. The minimum Gasteiger partial charge on any atom is -0.388 e. The van der Waals surface area contributed by atoms with Crippen molar-refractivity contribution in [2.45, 2.75) is 26.3 Å². The Kier molecular flexibility index (Phi) is 5.83. The van der Waals surface area contributed by atoms with E-state index < -0.39 is 0 Å². The Bertz CT molecular complexity index is 429. The van der Waals surface area contributed by atoms with Crippen molar-refractivity contribution in [2.75, 3.05) is 33.0 Å². The van der Waals surface area contributed by atoms with Crippen molar-refractivity contribution in [3.8, 4) is 0 Å². The number of carbonyl (C=O) groups is 1. The largest absolute Gasteiger partial charge is 0.388 e. The third-order valence-corrected chi connectivity index (χ3v) is 3.14. The molecule has 0 radical (unpaired) electrons. The maximum absolute atomic E-state index is 12.1. The number of nitrogens with zero attached hydrogens (tertiary/aromatic N) is 1. The van der Waals surface area contributed by atoms with Crippen LogP contribution in [0.25, 0.3) is 0 Å². The molecule has 1 amide bonds. The molecule has 1 rings (SSSR count). The third-order valence-electron chi connectivity index (χ3n) is 3.14. The van der Waals surface area contributed by atoms with E-state index in [9.17, 15) is 4.79 Å². The normalized spacial score (nSPS) is 12.3. The van der Waals surface area contributed by atoms with Gasteiger partial charge in [-0.25, -0.2) is 0 Å². The Morgan fingerprint density at radius 3 is 2.58 bits per heavy atom. The fourth-order valence-electron chi connectivity index (χ4n) is 1.92. The first kappa shape index (κ1) is 15.5. The number of carbonyl (C=O) groups excluding carboxylic acids is 1. The predicted molar refractivity (Wildman–Crippen MR) is 80.8 cm³/mol. The first-order valence-electron chi connectivity index (χ1n) is 6.68. The molecule has 4 nitrogen and oxygen atoms in total. The van der Waals surface area contributed by atoms with Crippen LogP contribution >= 0.6 is 0 Å². The first-order valence-corrected chi connectivity index (χ1v) is 6.68. The van der Waals surface area contributed by atoms with E-state index >= 15 is 0 Å². The SMILES string of the molecule is CNc1ccc(C(=O)NC(C)CCN(C)C)cc1C. The number of aryl methyl sites for hydroxylation is 1. The number of anilines is 1. The monoisotopic (exact) mass is 263 g/mol. The van der Waals surface area contributed by atoms with Gasteiger partial charge in [0.25, 0.3) is 5.91 Å². The molecule has 0 saturated heterocycles. The molecule has 106 valence electrons. The number of nitrogens with one attached hydrogen (secondary N) is 2. The number of hydrogen-bond acceptors (Lipinski definition) is 3. The molecular weight excluding hydrogens is 238 g/mol. The van der Waals surface area contributed by atoms with E-state index in [4.69, 9.17) is 0 Å². The van der Waals surface area contributed by atoms with Crippen molar-refractivity contribution in [3.63, 3.8) is 0 Å². The van der Waals surface area contributed by atoms with Gasteiger partial charge in [0, 0.05) is 24.3 Å². The fraction of sp³-hybridized carbons (Fsp3) is 0.533. The first-order chi connectivity index (χ1) is 8.93. The summed E-state index contributed by atoms with van der Waals surface area (Å²) in [6.45, 7) is 5.01. The summed E-state index contributed by atoms with van der Waals surface area (Å²) in [5.74, 6) is -0.00277. The van der Waals surface area contributed by atoms with Crippen LogP contribution in [0.4, 0.5) is 5.69 Å². The molecule has 0 saturated carbocycles. The lowest BCUT2D eigenvalue weighted by Gasteiger charge is -2.17. The molecule has 0 aliphatic heterocycles. The molecule has 0 fully saturated rings. The van der Waals surface area contributed by atoms with Gasteiger partial charge in [-0.1, -0.05) is 0 Å². The van der Waals surface area contributed by atoms with Gasteiger partial charge in [0.05, 0.1) is 0 Å². The van der Waals surface area contributed by atoms with Crippen LogP contribution in [0.1, 0.15) is 29.3 Å². The van der Waals surface area contributed by atoms with Gasteiger partial charge in [-0.2, -0.15) is 0 Å². The molecule has 1 unspecified atom stereocenters. The molecule has 0 aliphatic carbocycles. The van der Waals surface area contributed by atoms with Crippen LogP contribution in [0, 0.1) is 6.92 Å². The summed E-state index contributed by atoms with van der Waals surface area (Å²) in [5, 5.41) is 6.13. The Labute approximate surface area is 116 Å². The van der Waals surface area contributed by atoms with Crippen molar-refractivity contribution in [3.05, 3.63) is 29.3 Å². The highest BCUT2D eigenvalue weighted by Gasteiger charge is 2.10. The summed E-state index contributed by atoms with van der Waals surface area (Å²) in [6, 6.07) is 5.89. The summed E-state index contributed by atoms with van der Waals surface area (Å²) in [6.07, 6.45) is 0.951. The fourth-order valence-corrected chi connectivity index (χ4v) is 1.92. The molecule has 0 spiro atoms. The van der Waals surface area contributed by atoms with Crippen LogP contribution in [0.15, 0.2) is 18.2 Å². The summed E-state index contributed by atoms with van der Waals surface area (Å²) in [7, 11) is 5.95. The van der Waals surface area contributed by atoms with Gasteiger partial charge in [0.15, 0.2) is 0 Å². The van der Waals surface area contributed by atoms with Crippen molar-refractivity contribution < 1.29 is 4.79 Å². The van der Waals surface area contributed by atoms with Gasteiger partial charge in [-0.3, -0.25) is 4.79 Å². The molecule has 1 atom stereocenters. The second kappa shape index (κ2) is 7.14. The van der Waals surface area contributed by atoms with Crippen molar-refractivity contribution in [2.24, 2.45) is 0 Å². The topological polar surface area (TPSA) is 44.4 Å². The summed E-state index contributed by atoms with van der Waals surface area (Å²) in [4.78, 5) is 14.2. The average Bonchev–Trinajstić information content (AvgIpc) is 2.36. The standard InChI is InChI=1S/C15H25N3O/c1-11-10-13(6-7-14(11)16-3)15(19)17-12(2)8-9-18(4)5/h6-7,10,12,16H,8-9H2,1-5H3,(H,17,19). The molecule has 1 aromatic carbocycles. The highest BCUT2D eigenvalue weighted by atomic mass is 16.1. The van der Waals surface area contributed by atoms with Crippen LogP contribution < -0.4 is 10.6 Å². The minimum atomic E-state index is -0.00277. The van der Waals surface area contributed by atoms with Gasteiger partial charge in [-0.15, -0.1) is 0 Å². The van der Waals surface area contributed by atoms with E-state index in [0.29, 0.717) is 5.56 Å². The Balaban J connectivity index is 2.60. The maximum Gasteiger partial charge on any atom is 0.251 e. The van der Waals surface area contributed by atoms with Crippen LogP contribution in [-0.2, 0) is 0 Å². The Hall–Kier alpha value is -1.55. The lowest BCUT2D eigenvalue weighted by atomic mass is 10.1. The van der Waals surface area contributed by atoms with Gasteiger partial charge < -0.3 is 15.5 Å². The smallest absolute Gasteiger partial charge is 0.251 e. The molecule has 0 bridgehead atoms. The molecular formula is C15H25N3O. The van der Waals surface area contributed by atoms with Gasteiger partial charge in [-0.05, 0) is 64.7 Å². The summed E-state index contributed by atoms with van der Waals surface area (Å²) < 4.78 is 0. The van der Waals surface area contributed by atoms with E-state index in [1.54, 1.807) is 0 Å². The Morgan fingerprint density at radius 2 is 2.05 bits per heavy atom. The van der Waals surface area contributed by atoms with Crippen LogP contribution in [-0.4, -0.2) is 44.5 Å². The highest BCUT2D eigenvalue weighted by molar-refractivity contribution is 5.95. The lowest BCUT2D eigenvalue weighted by Crippen LogP contribution is -2.34. The Morgan fingerprint density at radius 1 is 1.37 bits per heavy atom. The molecule has 4 heteroatoms. The van der Waals surface area contributed by atoms with E-state index in [1.807, 2.05) is 53.2 Å². The zero-order valence-corrected chi connectivity index (χ0v) is 12.6. The summed E-state index contributed by atoms with van der Waals surface area (Å²) in [5.41, 5.74) is 2.85. The van der Waals surface area contributed by atoms with Gasteiger partial charge in [0.1, 0.15) is 0 Å². The van der Waals surface area contributed by atoms with Crippen LogP contribution in [0.5, 0.6) is 0 Å². The van der Waals surface area contributed by atoms with Gasteiger partial charge in [0.2, 0.25) is 0 Å². The van der Waals surface area contributed by atoms with Crippen LogP contribution in [0.3, 0.4) is 0 Å². The number of hydrogen-bond donors (Lipinski definition) is 2. The van der Waals surface area contributed by atoms with E-state index in [-0.39, 0.29) is 11.9 Å². The molecule has 0 aliphatic rings.